The summed E-state index contributed by atoms with van der Waals surface area (Å²) in [6.07, 6.45) is 13.7. The average Bonchev–Trinajstić information content (AvgIpc) is 2.60. The van der Waals surface area contributed by atoms with Gasteiger partial charge in [-0.1, -0.05) is 90.9 Å². The molecule has 0 aromatic heterocycles. The third-order valence-electron chi connectivity index (χ3n) is 5.61. The lowest BCUT2D eigenvalue weighted by Crippen LogP contribution is -2.54. The highest BCUT2D eigenvalue weighted by Crippen LogP contribution is 2.25. The van der Waals surface area contributed by atoms with Crippen LogP contribution in [0.1, 0.15) is 97.3 Å². The molecule has 0 bridgehead atoms. The Labute approximate surface area is 155 Å². The topological polar surface area (TPSA) is 69.9 Å². The largest absolute Gasteiger partial charge is 0.388 e. The van der Waals surface area contributed by atoms with Crippen molar-refractivity contribution in [2.75, 3.05) is 6.61 Å². The van der Waals surface area contributed by atoms with Crippen molar-refractivity contribution in [2.45, 2.75) is 122 Å². The summed E-state index contributed by atoms with van der Waals surface area (Å²) in [6, 6.07) is 0. The lowest BCUT2D eigenvalue weighted by molar-refractivity contribution is -0.199. The fourth-order valence-corrected chi connectivity index (χ4v) is 3.80. The Balaban J connectivity index is 1.94. The molecule has 1 aliphatic rings. The number of rotatable bonds is 14. The smallest absolute Gasteiger partial charge is 0.111 e. The first kappa shape index (κ1) is 22.9. The molecule has 1 fully saturated rings. The van der Waals surface area contributed by atoms with Gasteiger partial charge in [-0.3, -0.25) is 0 Å². The Morgan fingerprint density at radius 1 is 0.760 bits per heavy atom. The molecule has 1 heterocycles. The standard InChI is InChI=1S/C21H42O4/c1-3-4-5-6-7-8-9-10-11-12-13-14-15-17(2)21-20(24)19(23)18(22)16-25-21/h17-24H,3-16H2,1-2H3/t17?,18-,19+,20-,21?/m1/s1. The van der Waals surface area contributed by atoms with Crippen LogP contribution in [-0.4, -0.2) is 46.3 Å². The van der Waals surface area contributed by atoms with Crippen molar-refractivity contribution in [2.24, 2.45) is 5.92 Å². The number of ether oxygens (including phenoxy) is 1. The van der Waals surface area contributed by atoms with Crippen LogP contribution < -0.4 is 0 Å². The summed E-state index contributed by atoms with van der Waals surface area (Å²) in [5, 5.41) is 29.3. The van der Waals surface area contributed by atoms with Crippen LogP contribution in [0, 0.1) is 5.92 Å². The zero-order chi connectivity index (χ0) is 18.5. The maximum Gasteiger partial charge on any atom is 0.111 e. The highest BCUT2D eigenvalue weighted by atomic mass is 16.5. The molecule has 4 nitrogen and oxygen atoms in total. The summed E-state index contributed by atoms with van der Waals surface area (Å²) in [5.74, 6) is 0.209. The van der Waals surface area contributed by atoms with Gasteiger partial charge in [-0.05, 0) is 12.3 Å². The van der Waals surface area contributed by atoms with E-state index in [1.807, 2.05) is 0 Å². The molecule has 2 unspecified atom stereocenters. The third-order valence-corrected chi connectivity index (χ3v) is 5.61. The summed E-state index contributed by atoms with van der Waals surface area (Å²) in [5.41, 5.74) is 0. The summed E-state index contributed by atoms with van der Waals surface area (Å²) >= 11 is 0. The number of hydrogen-bond acceptors (Lipinski definition) is 4. The molecule has 150 valence electrons. The van der Waals surface area contributed by atoms with Crippen molar-refractivity contribution in [3.05, 3.63) is 0 Å². The Kier molecular flexibility index (Phi) is 12.8. The number of unbranched alkanes of at least 4 members (excludes halogenated alkanes) is 11. The fourth-order valence-electron chi connectivity index (χ4n) is 3.80. The van der Waals surface area contributed by atoms with E-state index in [2.05, 4.69) is 13.8 Å². The SMILES string of the molecule is CCCCCCCCCCCCCCC(C)C1OC[C@@H](O)[C@H](O)[C@H]1O. The first-order valence-corrected chi connectivity index (χ1v) is 10.7. The van der Waals surface area contributed by atoms with Crippen LogP contribution in [0.4, 0.5) is 0 Å². The average molecular weight is 359 g/mol. The van der Waals surface area contributed by atoms with E-state index >= 15 is 0 Å². The molecular formula is C21H42O4. The molecule has 0 aromatic carbocycles. The summed E-state index contributed by atoms with van der Waals surface area (Å²) < 4.78 is 5.53. The van der Waals surface area contributed by atoms with Crippen molar-refractivity contribution >= 4 is 0 Å². The van der Waals surface area contributed by atoms with Crippen molar-refractivity contribution in [1.82, 2.24) is 0 Å². The highest BCUT2D eigenvalue weighted by molar-refractivity contribution is 4.88. The van der Waals surface area contributed by atoms with Crippen LogP contribution in [0.15, 0.2) is 0 Å². The molecular weight excluding hydrogens is 316 g/mol. The van der Waals surface area contributed by atoms with Gasteiger partial charge in [0.15, 0.2) is 0 Å². The van der Waals surface area contributed by atoms with Crippen molar-refractivity contribution in [3.63, 3.8) is 0 Å². The molecule has 4 heteroatoms. The van der Waals surface area contributed by atoms with E-state index in [0.717, 1.165) is 12.8 Å². The second-order valence-electron chi connectivity index (χ2n) is 8.00. The third kappa shape index (κ3) is 9.37. The Morgan fingerprint density at radius 2 is 1.24 bits per heavy atom. The van der Waals surface area contributed by atoms with Crippen molar-refractivity contribution < 1.29 is 20.1 Å². The number of hydrogen-bond donors (Lipinski definition) is 3. The molecule has 0 amide bonds. The molecule has 1 saturated heterocycles. The molecule has 0 saturated carbocycles. The van der Waals surface area contributed by atoms with E-state index in [4.69, 9.17) is 4.74 Å². The molecule has 3 N–H and O–H groups in total. The van der Waals surface area contributed by atoms with E-state index in [0.29, 0.717) is 0 Å². The first-order chi connectivity index (χ1) is 12.1. The second-order valence-corrected chi connectivity index (χ2v) is 8.00. The van der Waals surface area contributed by atoms with Gasteiger partial charge in [0.2, 0.25) is 0 Å². The lowest BCUT2D eigenvalue weighted by atomic mass is 9.88. The van der Waals surface area contributed by atoms with Crippen LogP contribution in [0.5, 0.6) is 0 Å². The predicted molar refractivity (Wildman–Crippen MR) is 103 cm³/mol. The van der Waals surface area contributed by atoms with Crippen LogP contribution in [0.25, 0.3) is 0 Å². The predicted octanol–water partition coefficient (Wildman–Crippen LogP) is 4.20. The maximum absolute atomic E-state index is 10.0. The lowest BCUT2D eigenvalue weighted by Gasteiger charge is -2.38. The summed E-state index contributed by atoms with van der Waals surface area (Å²) in [4.78, 5) is 0. The minimum atomic E-state index is -1.08. The minimum absolute atomic E-state index is 0.117. The van der Waals surface area contributed by atoms with Gasteiger partial charge >= 0.3 is 0 Å². The normalized spacial score (nSPS) is 28.2. The Bertz CT molecular complexity index is 310. The van der Waals surface area contributed by atoms with Gasteiger partial charge in [-0.15, -0.1) is 0 Å². The summed E-state index contributed by atoms with van der Waals surface area (Å²) in [7, 11) is 0. The van der Waals surface area contributed by atoms with E-state index in [1.165, 1.54) is 70.6 Å². The molecule has 0 aliphatic carbocycles. The minimum Gasteiger partial charge on any atom is -0.388 e. The molecule has 0 radical (unpaired) electrons. The fraction of sp³-hybridized carbons (Fsp3) is 1.00. The van der Waals surface area contributed by atoms with Crippen LogP contribution in [0.3, 0.4) is 0 Å². The van der Waals surface area contributed by atoms with Gasteiger partial charge in [-0.25, -0.2) is 0 Å². The first-order valence-electron chi connectivity index (χ1n) is 10.7. The quantitative estimate of drug-likeness (QED) is 0.407. The molecule has 1 aliphatic heterocycles. The Hall–Kier alpha value is -0.160. The molecule has 1 rings (SSSR count). The number of aliphatic hydroxyl groups is 3. The molecule has 5 atom stereocenters. The monoisotopic (exact) mass is 358 g/mol. The van der Waals surface area contributed by atoms with Crippen molar-refractivity contribution in [3.8, 4) is 0 Å². The Morgan fingerprint density at radius 3 is 1.76 bits per heavy atom. The maximum atomic E-state index is 10.0. The molecule has 25 heavy (non-hydrogen) atoms. The van der Waals surface area contributed by atoms with E-state index in [9.17, 15) is 15.3 Å². The van der Waals surface area contributed by atoms with E-state index in [-0.39, 0.29) is 18.6 Å². The van der Waals surface area contributed by atoms with E-state index < -0.39 is 18.3 Å². The summed E-state index contributed by atoms with van der Waals surface area (Å²) in [6.45, 7) is 4.45. The molecule has 0 aromatic rings. The van der Waals surface area contributed by atoms with Gasteiger partial charge in [0.05, 0.1) is 12.7 Å². The van der Waals surface area contributed by atoms with Gasteiger partial charge < -0.3 is 20.1 Å². The zero-order valence-corrected chi connectivity index (χ0v) is 16.5. The van der Waals surface area contributed by atoms with E-state index in [1.54, 1.807) is 0 Å². The van der Waals surface area contributed by atoms with Gasteiger partial charge in [-0.2, -0.15) is 0 Å². The van der Waals surface area contributed by atoms with Gasteiger partial charge in [0.25, 0.3) is 0 Å². The van der Waals surface area contributed by atoms with Gasteiger partial charge in [0.1, 0.15) is 18.3 Å². The van der Waals surface area contributed by atoms with Crippen LogP contribution in [0.2, 0.25) is 0 Å². The zero-order valence-electron chi connectivity index (χ0n) is 16.5. The second kappa shape index (κ2) is 14.0. The highest BCUT2D eigenvalue weighted by Gasteiger charge is 2.39. The van der Waals surface area contributed by atoms with Crippen LogP contribution >= 0.6 is 0 Å². The molecule has 0 spiro atoms. The number of aliphatic hydroxyl groups excluding tert-OH is 3. The van der Waals surface area contributed by atoms with Gasteiger partial charge in [0, 0.05) is 0 Å². The van der Waals surface area contributed by atoms with Crippen LogP contribution in [-0.2, 0) is 4.74 Å². The van der Waals surface area contributed by atoms with Crippen molar-refractivity contribution in [1.29, 1.82) is 0 Å².